The molecule has 7 heteroatoms. The number of hydrazone groups is 1. The Kier molecular flexibility index (Phi) is 3.96. The van der Waals surface area contributed by atoms with Crippen molar-refractivity contribution in [2.45, 2.75) is 0 Å². The third-order valence-corrected chi connectivity index (χ3v) is 1.74. The van der Waals surface area contributed by atoms with Gasteiger partial charge in [-0.25, -0.2) is 8.78 Å². The summed E-state index contributed by atoms with van der Waals surface area (Å²) in [7, 11) is 1.22. The second kappa shape index (κ2) is 5.42. The Morgan fingerprint density at radius 1 is 1.29 bits per heavy atom. The summed E-state index contributed by atoms with van der Waals surface area (Å²) in [6.07, 6.45) is 0. The molecular weight excluding hydrogens is 230 g/mol. The van der Waals surface area contributed by atoms with E-state index in [2.05, 4.69) is 15.3 Å². The first-order chi connectivity index (χ1) is 8.12. The molecule has 1 rings (SSSR count). The first-order valence-electron chi connectivity index (χ1n) is 4.29. The van der Waals surface area contributed by atoms with Crippen LogP contribution in [0.3, 0.4) is 0 Å². The molecule has 0 unspecified atom stereocenters. The lowest BCUT2D eigenvalue weighted by Gasteiger charge is -2.06. The molecule has 1 aromatic rings. The zero-order valence-electron chi connectivity index (χ0n) is 8.66. The summed E-state index contributed by atoms with van der Waals surface area (Å²) < 4.78 is 30.9. The smallest absolute Gasteiger partial charge is 0.237 e. The van der Waals surface area contributed by atoms with Crippen LogP contribution in [-0.4, -0.2) is 12.8 Å². The second-order valence-electron chi connectivity index (χ2n) is 2.76. The van der Waals surface area contributed by atoms with Gasteiger partial charge in [-0.05, 0) is 0 Å². The molecule has 1 N–H and O–H groups in total. The lowest BCUT2D eigenvalue weighted by molar-refractivity contribution is 0.384. The molecule has 1 aromatic carbocycles. The molecule has 0 aliphatic heterocycles. The molecule has 0 saturated carbocycles. The fourth-order valence-corrected chi connectivity index (χ4v) is 0.962. The Balaban J connectivity index is 3.05. The van der Waals surface area contributed by atoms with E-state index in [-0.39, 0.29) is 11.4 Å². The van der Waals surface area contributed by atoms with Gasteiger partial charge in [0, 0.05) is 12.1 Å². The van der Waals surface area contributed by atoms with Crippen LogP contribution in [0, 0.1) is 34.3 Å². The molecule has 0 aromatic heterocycles. The average Bonchev–Trinajstić information content (AvgIpc) is 2.32. The number of nitrogens with zero attached hydrogens (tertiary/aromatic N) is 3. The molecule has 0 amide bonds. The van der Waals surface area contributed by atoms with E-state index in [0.717, 1.165) is 6.07 Å². The molecule has 0 fully saturated rings. The number of ether oxygens (including phenoxy) is 1. The highest BCUT2D eigenvalue weighted by Crippen LogP contribution is 2.24. The van der Waals surface area contributed by atoms with Gasteiger partial charge in [-0.3, -0.25) is 5.43 Å². The molecule has 0 radical (unpaired) electrons. The normalized spacial score (nSPS) is 8.76. The zero-order chi connectivity index (χ0) is 12.8. The minimum absolute atomic E-state index is 0.181. The Morgan fingerprint density at radius 3 is 2.47 bits per heavy atom. The third kappa shape index (κ3) is 2.89. The number of anilines is 1. The maximum absolute atomic E-state index is 13.2. The number of hydrogen-bond acceptors (Lipinski definition) is 5. The highest BCUT2D eigenvalue weighted by Gasteiger charge is 2.10. The molecule has 5 nitrogen and oxygen atoms in total. The standard InChI is InChI=1S/C10H6F2N4O/c1-17-10-3-9(7(11)2-8(10)12)16-15-6(4-13)5-14/h2-3,16H,1H3. The lowest BCUT2D eigenvalue weighted by Crippen LogP contribution is -2.00. The monoisotopic (exact) mass is 236 g/mol. The van der Waals surface area contributed by atoms with E-state index in [1.165, 1.54) is 19.2 Å². The Morgan fingerprint density at radius 2 is 1.94 bits per heavy atom. The van der Waals surface area contributed by atoms with Gasteiger partial charge in [0.05, 0.1) is 12.8 Å². The van der Waals surface area contributed by atoms with Crippen LogP contribution >= 0.6 is 0 Å². The summed E-state index contributed by atoms with van der Waals surface area (Å²) in [5.41, 5.74) is 1.46. The molecule has 0 atom stereocenters. The predicted octanol–water partition coefficient (Wildman–Crippen LogP) is 1.79. The van der Waals surface area contributed by atoms with Crippen molar-refractivity contribution in [1.82, 2.24) is 0 Å². The van der Waals surface area contributed by atoms with Gasteiger partial charge >= 0.3 is 0 Å². The second-order valence-corrected chi connectivity index (χ2v) is 2.76. The number of methoxy groups -OCH3 is 1. The number of benzene rings is 1. The van der Waals surface area contributed by atoms with Crippen LogP contribution in [0.1, 0.15) is 0 Å². The third-order valence-electron chi connectivity index (χ3n) is 1.74. The minimum Gasteiger partial charge on any atom is -0.494 e. The van der Waals surface area contributed by atoms with Crippen LogP contribution < -0.4 is 10.2 Å². The maximum Gasteiger partial charge on any atom is 0.237 e. The van der Waals surface area contributed by atoms with Crippen LogP contribution in [0.5, 0.6) is 5.75 Å². The van der Waals surface area contributed by atoms with Crippen molar-refractivity contribution >= 4 is 11.4 Å². The summed E-state index contributed by atoms with van der Waals surface area (Å²) in [6.45, 7) is 0. The number of nitrogens with one attached hydrogen (secondary N) is 1. The van der Waals surface area contributed by atoms with Crippen molar-refractivity contribution in [3.63, 3.8) is 0 Å². The van der Waals surface area contributed by atoms with Crippen LogP contribution in [0.2, 0.25) is 0 Å². The average molecular weight is 236 g/mol. The highest BCUT2D eigenvalue weighted by molar-refractivity contribution is 6.10. The largest absolute Gasteiger partial charge is 0.494 e. The fourth-order valence-electron chi connectivity index (χ4n) is 0.962. The van der Waals surface area contributed by atoms with Crippen LogP contribution in [0.4, 0.5) is 14.5 Å². The fraction of sp³-hybridized carbons (Fsp3) is 0.100. The summed E-state index contributed by atoms with van der Waals surface area (Å²) in [5, 5.41) is 20.1. The lowest BCUT2D eigenvalue weighted by atomic mass is 10.3. The van der Waals surface area contributed by atoms with Crippen LogP contribution in [-0.2, 0) is 0 Å². The molecule has 0 heterocycles. The Bertz CT molecular complexity index is 526. The number of nitriles is 2. The van der Waals surface area contributed by atoms with Crippen molar-refractivity contribution in [2.24, 2.45) is 5.10 Å². The van der Waals surface area contributed by atoms with Gasteiger partial charge in [-0.15, -0.1) is 0 Å². The Labute approximate surface area is 95.5 Å². The zero-order valence-corrected chi connectivity index (χ0v) is 8.66. The molecule has 17 heavy (non-hydrogen) atoms. The van der Waals surface area contributed by atoms with Gasteiger partial charge in [0.2, 0.25) is 5.71 Å². The van der Waals surface area contributed by atoms with E-state index in [9.17, 15) is 8.78 Å². The summed E-state index contributed by atoms with van der Waals surface area (Å²) in [6, 6.07) is 4.59. The van der Waals surface area contributed by atoms with E-state index in [1.807, 2.05) is 0 Å². The van der Waals surface area contributed by atoms with Crippen molar-refractivity contribution in [2.75, 3.05) is 12.5 Å². The molecule has 0 bridgehead atoms. The van der Waals surface area contributed by atoms with Crippen molar-refractivity contribution < 1.29 is 13.5 Å². The van der Waals surface area contributed by atoms with Gasteiger partial charge in [-0.2, -0.15) is 15.6 Å². The van der Waals surface area contributed by atoms with E-state index in [4.69, 9.17) is 10.5 Å². The van der Waals surface area contributed by atoms with Crippen molar-refractivity contribution in [3.05, 3.63) is 23.8 Å². The van der Waals surface area contributed by atoms with Crippen LogP contribution in [0.25, 0.3) is 0 Å². The molecule has 0 spiro atoms. The van der Waals surface area contributed by atoms with Gasteiger partial charge in [0.25, 0.3) is 0 Å². The number of rotatable bonds is 3. The minimum atomic E-state index is -0.915. The van der Waals surface area contributed by atoms with E-state index >= 15 is 0 Å². The summed E-state index contributed by atoms with van der Waals surface area (Å²) in [4.78, 5) is 0. The van der Waals surface area contributed by atoms with Gasteiger partial charge in [-0.1, -0.05) is 0 Å². The molecule has 0 saturated heterocycles. The van der Waals surface area contributed by atoms with Gasteiger partial charge < -0.3 is 4.74 Å². The maximum atomic E-state index is 13.2. The predicted molar refractivity (Wildman–Crippen MR) is 55.2 cm³/mol. The highest BCUT2D eigenvalue weighted by atomic mass is 19.1. The van der Waals surface area contributed by atoms with E-state index in [0.29, 0.717) is 6.07 Å². The van der Waals surface area contributed by atoms with Crippen molar-refractivity contribution in [3.8, 4) is 17.9 Å². The van der Waals surface area contributed by atoms with Gasteiger partial charge in [0.15, 0.2) is 17.4 Å². The quantitative estimate of drug-likeness (QED) is 0.640. The molecule has 0 aliphatic rings. The summed E-state index contributed by atoms with van der Waals surface area (Å²) in [5.74, 6) is -1.96. The van der Waals surface area contributed by atoms with Gasteiger partial charge in [0.1, 0.15) is 12.1 Å². The number of hydrogen-bond donors (Lipinski definition) is 1. The number of halogens is 2. The molecule has 86 valence electrons. The topological polar surface area (TPSA) is 81.2 Å². The first kappa shape index (κ1) is 12.4. The molecular formula is C10H6F2N4O. The van der Waals surface area contributed by atoms with Crippen molar-refractivity contribution in [1.29, 1.82) is 10.5 Å². The Hall–Kier alpha value is -2.67. The molecule has 0 aliphatic carbocycles. The summed E-state index contributed by atoms with van der Waals surface area (Å²) >= 11 is 0. The van der Waals surface area contributed by atoms with E-state index in [1.54, 1.807) is 0 Å². The first-order valence-corrected chi connectivity index (χ1v) is 4.29. The SMILES string of the molecule is COc1cc(NN=C(C#N)C#N)c(F)cc1F. The van der Waals surface area contributed by atoms with Crippen LogP contribution in [0.15, 0.2) is 17.2 Å². The van der Waals surface area contributed by atoms with E-state index < -0.39 is 17.3 Å².